The van der Waals surface area contributed by atoms with E-state index in [4.69, 9.17) is 9.47 Å². The number of alkyl halides is 3. The first-order chi connectivity index (χ1) is 12.0. The first-order valence-electron chi connectivity index (χ1n) is 8.10. The zero-order valence-corrected chi connectivity index (χ0v) is 13.5. The summed E-state index contributed by atoms with van der Waals surface area (Å²) in [6.07, 6.45) is -2.40. The van der Waals surface area contributed by atoms with Crippen molar-refractivity contribution in [1.29, 1.82) is 0 Å². The quantitative estimate of drug-likeness (QED) is 0.860. The van der Waals surface area contributed by atoms with Gasteiger partial charge in [-0.25, -0.2) is 4.98 Å². The van der Waals surface area contributed by atoms with Gasteiger partial charge in [-0.2, -0.15) is 13.2 Å². The van der Waals surface area contributed by atoms with Gasteiger partial charge in [0.25, 0.3) is 5.88 Å². The minimum absolute atomic E-state index is 0.147. The number of pyridine rings is 1. The van der Waals surface area contributed by atoms with Crippen LogP contribution < -0.4 is 14.8 Å². The van der Waals surface area contributed by atoms with E-state index in [2.05, 4.69) is 10.3 Å². The lowest BCUT2D eigenvalue weighted by Crippen LogP contribution is -2.23. The zero-order valence-electron chi connectivity index (χ0n) is 13.5. The highest BCUT2D eigenvalue weighted by molar-refractivity contribution is 5.34. The minimum atomic E-state index is -4.43. The van der Waals surface area contributed by atoms with Crippen LogP contribution in [-0.4, -0.2) is 30.9 Å². The van der Waals surface area contributed by atoms with E-state index in [0.29, 0.717) is 0 Å². The molecule has 1 N–H and O–H groups in total. The van der Waals surface area contributed by atoms with Crippen LogP contribution >= 0.6 is 0 Å². The van der Waals surface area contributed by atoms with Crippen LogP contribution in [0.1, 0.15) is 18.1 Å². The van der Waals surface area contributed by atoms with Crippen molar-refractivity contribution in [2.45, 2.75) is 18.7 Å². The molecule has 2 heterocycles. The van der Waals surface area contributed by atoms with Crippen LogP contribution in [0.25, 0.3) is 0 Å². The summed E-state index contributed by atoms with van der Waals surface area (Å²) in [5, 5.41) is 3.29. The van der Waals surface area contributed by atoms with Crippen molar-refractivity contribution in [1.82, 2.24) is 10.3 Å². The van der Waals surface area contributed by atoms with Gasteiger partial charge in [-0.3, -0.25) is 0 Å². The van der Waals surface area contributed by atoms with Gasteiger partial charge >= 0.3 is 6.18 Å². The molecule has 1 aliphatic heterocycles. The minimum Gasteiger partial charge on any atom is -0.480 e. The van der Waals surface area contributed by atoms with Crippen molar-refractivity contribution in [2.75, 3.05) is 19.7 Å². The molecule has 7 heteroatoms. The Bertz CT molecular complexity index is 674. The molecule has 134 valence electrons. The highest BCUT2D eigenvalue weighted by atomic mass is 19.4. The normalized spacial score (nSPS) is 18.8. The van der Waals surface area contributed by atoms with E-state index in [1.807, 2.05) is 30.3 Å². The molecule has 25 heavy (non-hydrogen) atoms. The molecule has 0 amide bonds. The zero-order chi connectivity index (χ0) is 17.7. The lowest BCUT2D eigenvalue weighted by atomic mass is 9.95. The number of hydrogen-bond donors (Lipinski definition) is 1. The fraction of sp³-hybridized carbons (Fsp3) is 0.389. The molecule has 1 unspecified atom stereocenters. The molecule has 3 rings (SSSR count). The molecule has 0 radical (unpaired) electrons. The highest BCUT2D eigenvalue weighted by Gasteiger charge is 2.31. The second-order valence-corrected chi connectivity index (χ2v) is 5.91. The lowest BCUT2D eigenvalue weighted by molar-refractivity contribution is -0.154. The summed E-state index contributed by atoms with van der Waals surface area (Å²) in [4.78, 5) is 3.89. The van der Waals surface area contributed by atoms with Crippen LogP contribution in [0.15, 0.2) is 48.7 Å². The predicted octanol–water partition coefficient (Wildman–Crippen LogP) is 3.75. The van der Waals surface area contributed by atoms with Crippen molar-refractivity contribution >= 4 is 0 Å². The summed E-state index contributed by atoms with van der Waals surface area (Å²) in [5.41, 5.74) is 0.974. The van der Waals surface area contributed by atoms with Gasteiger partial charge in [0.05, 0.1) is 0 Å². The molecule has 2 atom stereocenters. The maximum absolute atomic E-state index is 12.4. The molecule has 2 aromatic rings. The van der Waals surface area contributed by atoms with E-state index in [0.717, 1.165) is 25.1 Å². The van der Waals surface area contributed by atoms with Gasteiger partial charge in [-0.1, -0.05) is 30.3 Å². The Morgan fingerprint density at radius 3 is 2.64 bits per heavy atom. The molecule has 1 aromatic carbocycles. The fourth-order valence-electron chi connectivity index (χ4n) is 2.88. The Labute approximate surface area is 144 Å². The van der Waals surface area contributed by atoms with Crippen molar-refractivity contribution in [3.05, 3.63) is 54.2 Å². The second-order valence-electron chi connectivity index (χ2n) is 5.91. The Balaban J connectivity index is 1.82. The van der Waals surface area contributed by atoms with Gasteiger partial charge in [-0.15, -0.1) is 0 Å². The summed E-state index contributed by atoms with van der Waals surface area (Å²) >= 11 is 0. The molecule has 4 nitrogen and oxygen atoms in total. The number of nitrogens with one attached hydrogen (secondary N) is 1. The van der Waals surface area contributed by atoms with Gasteiger partial charge in [0.1, 0.15) is 6.10 Å². The topological polar surface area (TPSA) is 43.4 Å². The third-order valence-corrected chi connectivity index (χ3v) is 4.02. The monoisotopic (exact) mass is 352 g/mol. The van der Waals surface area contributed by atoms with Crippen LogP contribution in [0.3, 0.4) is 0 Å². The van der Waals surface area contributed by atoms with Crippen LogP contribution in [0, 0.1) is 5.92 Å². The Kier molecular flexibility index (Phi) is 5.43. The summed E-state index contributed by atoms with van der Waals surface area (Å²) in [6, 6.07) is 12.8. The number of nitrogens with zero attached hydrogens (tertiary/aromatic N) is 1. The van der Waals surface area contributed by atoms with E-state index in [1.54, 1.807) is 12.1 Å². The number of ether oxygens (including phenoxy) is 2. The molecular weight excluding hydrogens is 333 g/mol. The number of aromatic nitrogens is 1. The van der Waals surface area contributed by atoms with E-state index in [9.17, 15) is 13.2 Å². The molecule has 1 aromatic heterocycles. The molecule has 1 fully saturated rings. The molecule has 1 saturated heterocycles. The second kappa shape index (κ2) is 7.74. The van der Waals surface area contributed by atoms with E-state index in [1.165, 1.54) is 6.20 Å². The first-order valence-corrected chi connectivity index (χ1v) is 8.10. The third-order valence-electron chi connectivity index (χ3n) is 4.02. The Morgan fingerprint density at radius 1 is 1.16 bits per heavy atom. The Hall–Kier alpha value is -2.28. The van der Waals surface area contributed by atoms with Crippen molar-refractivity contribution < 1.29 is 22.6 Å². The van der Waals surface area contributed by atoms with Crippen LogP contribution in [0.5, 0.6) is 11.6 Å². The SMILES string of the molecule is FC(F)(F)COc1ncccc1OC(c1ccccc1)[C@H]1CCNC1. The van der Waals surface area contributed by atoms with Crippen molar-refractivity contribution in [3.8, 4) is 11.6 Å². The molecular formula is C18H19F3N2O2. The average Bonchev–Trinajstić information content (AvgIpc) is 3.13. The standard InChI is InChI=1S/C18H19F3N2O2/c19-18(20,21)12-24-17-15(7-4-9-23-17)25-16(14-8-10-22-11-14)13-5-2-1-3-6-13/h1-7,9,14,16,22H,8,10-12H2/t14-,16?/m0/s1. The van der Waals surface area contributed by atoms with Gasteiger partial charge in [0.2, 0.25) is 0 Å². The Morgan fingerprint density at radius 2 is 1.96 bits per heavy atom. The van der Waals surface area contributed by atoms with E-state index in [-0.39, 0.29) is 23.7 Å². The summed E-state index contributed by atoms with van der Waals surface area (Å²) in [5.74, 6) is 0.289. The van der Waals surface area contributed by atoms with E-state index >= 15 is 0 Å². The third kappa shape index (κ3) is 4.85. The number of rotatable bonds is 6. The first kappa shape index (κ1) is 17.5. The number of hydrogen-bond acceptors (Lipinski definition) is 4. The van der Waals surface area contributed by atoms with Gasteiger partial charge in [0.15, 0.2) is 12.4 Å². The van der Waals surface area contributed by atoms with Gasteiger partial charge < -0.3 is 14.8 Å². The number of benzene rings is 1. The summed E-state index contributed by atoms with van der Waals surface area (Å²) in [7, 11) is 0. The van der Waals surface area contributed by atoms with Crippen LogP contribution in [0.2, 0.25) is 0 Å². The largest absolute Gasteiger partial charge is 0.480 e. The van der Waals surface area contributed by atoms with Crippen molar-refractivity contribution in [2.24, 2.45) is 5.92 Å². The molecule has 0 aliphatic carbocycles. The summed E-state index contributed by atoms with van der Waals surface area (Å²) < 4.78 is 48.2. The maximum Gasteiger partial charge on any atom is 0.422 e. The predicted molar refractivity (Wildman–Crippen MR) is 86.6 cm³/mol. The van der Waals surface area contributed by atoms with Crippen LogP contribution in [-0.2, 0) is 0 Å². The smallest absolute Gasteiger partial charge is 0.422 e. The van der Waals surface area contributed by atoms with E-state index < -0.39 is 12.8 Å². The average molecular weight is 352 g/mol. The highest BCUT2D eigenvalue weighted by Crippen LogP contribution is 2.35. The molecule has 0 spiro atoms. The molecule has 1 aliphatic rings. The summed E-state index contributed by atoms with van der Waals surface area (Å²) in [6.45, 7) is 0.280. The fourth-order valence-corrected chi connectivity index (χ4v) is 2.88. The number of halogens is 3. The van der Waals surface area contributed by atoms with Gasteiger partial charge in [-0.05, 0) is 30.7 Å². The lowest BCUT2D eigenvalue weighted by Gasteiger charge is -2.25. The van der Waals surface area contributed by atoms with Gasteiger partial charge in [0, 0.05) is 18.7 Å². The van der Waals surface area contributed by atoms with Crippen LogP contribution in [0.4, 0.5) is 13.2 Å². The molecule has 0 bridgehead atoms. The molecule has 0 saturated carbocycles. The van der Waals surface area contributed by atoms with Crippen molar-refractivity contribution in [3.63, 3.8) is 0 Å². The maximum atomic E-state index is 12.4.